The minimum atomic E-state index is -0.391. The third-order valence-electron chi connectivity index (χ3n) is 9.20. The first-order valence-corrected chi connectivity index (χ1v) is 16.9. The summed E-state index contributed by atoms with van der Waals surface area (Å²) in [5, 5.41) is 3.32. The molecule has 240 valence electrons. The van der Waals surface area contributed by atoms with Gasteiger partial charge in [-0.25, -0.2) is 0 Å². The second kappa shape index (κ2) is 13.3. The number of hydrogen-bond donors (Lipinski definition) is 0. The highest BCUT2D eigenvalue weighted by Crippen LogP contribution is 2.42. The van der Waals surface area contributed by atoms with E-state index < -0.39 is 12.1 Å². The van der Waals surface area contributed by atoms with Crippen LogP contribution in [0.25, 0.3) is 66.1 Å². The third-order valence-corrected chi connectivity index (χ3v) is 9.20. The monoisotopic (exact) mass is 657 g/mol. The van der Waals surface area contributed by atoms with Crippen LogP contribution in [0.2, 0.25) is 0 Å². The van der Waals surface area contributed by atoms with Crippen molar-refractivity contribution >= 4 is 38.6 Å². The lowest BCUT2D eigenvalue weighted by Gasteiger charge is -2.27. The number of nitrogens with zero attached hydrogens (tertiary/aromatic N) is 1. The van der Waals surface area contributed by atoms with Crippen LogP contribution in [-0.4, -0.2) is 0 Å². The van der Waals surface area contributed by atoms with Gasteiger partial charge in [0.25, 0.3) is 0 Å². The predicted molar refractivity (Wildman–Crippen MR) is 218 cm³/mol. The largest absolute Gasteiger partial charge is 0.310 e. The van der Waals surface area contributed by atoms with Crippen molar-refractivity contribution in [3.8, 4) is 44.5 Å². The van der Waals surface area contributed by atoms with E-state index in [4.69, 9.17) is 0 Å². The Balaban J connectivity index is 1.32. The summed E-state index contributed by atoms with van der Waals surface area (Å²) in [6.07, 6.45) is 0. The van der Waals surface area contributed by atoms with Gasteiger partial charge in [-0.05, 0) is 97.0 Å². The Morgan fingerprint density at radius 1 is 0.333 bits per heavy atom. The number of fused-ring (bicyclic) bond motifs is 2. The number of benzene rings is 9. The average Bonchev–Trinajstić information content (AvgIpc) is 3.28. The summed E-state index contributed by atoms with van der Waals surface area (Å²) in [5.74, 6) is 0. The Labute approximate surface area is 310 Å². The summed E-state index contributed by atoms with van der Waals surface area (Å²) in [6, 6.07) is 48.5. The van der Waals surface area contributed by atoms with Gasteiger partial charge < -0.3 is 4.90 Å². The van der Waals surface area contributed by atoms with E-state index >= 15 is 0 Å². The molecule has 0 aliphatic rings. The van der Waals surface area contributed by atoms with E-state index in [0.29, 0.717) is 22.2 Å². The Kier molecular flexibility index (Phi) is 5.96. The molecule has 0 N–H and O–H groups in total. The summed E-state index contributed by atoms with van der Waals surface area (Å²) < 4.78 is 76.5. The molecule has 0 saturated carbocycles. The molecule has 0 heterocycles. The topological polar surface area (TPSA) is 3.24 Å². The van der Waals surface area contributed by atoms with Crippen LogP contribution in [0.5, 0.6) is 0 Å². The van der Waals surface area contributed by atoms with E-state index in [1.54, 1.807) is 18.2 Å². The van der Waals surface area contributed by atoms with Crippen LogP contribution in [0.1, 0.15) is 11.0 Å². The summed E-state index contributed by atoms with van der Waals surface area (Å²) in [4.78, 5) is 1.39. The maximum absolute atomic E-state index is 9.68. The zero-order valence-corrected chi connectivity index (χ0v) is 27.5. The lowest BCUT2D eigenvalue weighted by atomic mass is 9.90. The molecule has 0 spiro atoms. The van der Waals surface area contributed by atoms with Crippen molar-refractivity contribution in [2.45, 2.75) is 0 Å². The second-order valence-electron chi connectivity index (χ2n) is 12.3. The number of hydrogen-bond acceptors (Lipinski definition) is 1. The lowest BCUT2D eigenvalue weighted by Crippen LogP contribution is -2.10. The first-order chi connectivity index (χ1) is 28.7. The predicted octanol–water partition coefficient (Wildman–Crippen LogP) is 14.1. The molecule has 9 aromatic rings. The molecule has 51 heavy (non-hydrogen) atoms. The van der Waals surface area contributed by atoms with Crippen molar-refractivity contribution < 1.29 is 11.0 Å². The van der Waals surface area contributed by atoms with Crippen LogP contribution in [0.3, 0.4) is 0 Å². The fraction of sp³-hybridized carbons (Fsp3) is 0. The highest BCUT2D eigenvalue weighted by Gasteiger charge is 2.17. The SMILES string of the molecule is [2H]c1c([2H])c(N(c2c([2H])c([2H])c(-c3ccc4ccccc4c3-c3ccccc3)c([2H])c2[2H])c2cccc3ccccc23)c([2H])c([2H])c1-c1cccc(-c2ccccc2)c1. The van der Waals surface area contributed by atoms with Gasteiger partial charge in [0.1, 0.15) is 0 Å². The van der Waals surface area contributed by atoms with Crippen LogP contribution < -0.4 is 4.90 Å². The molecule has 1 heteroatoms. The molecular weight excluding hydrogens is 615 g/mol. The molecule has 0 unspecified atom stereocenters. The van der Waals surface area contributed by atoms with E-state index in [1.807, 2.05) is 146 Å². The fourth-order valence-corrected chi connectivity index (χ4v) is 6.75. The second-order valence-corrected chi connectivity index (χ2v) is 12.3. The molecule has 0 aliphatic carbocycles. The van der Waals surface area contributed by atoms with Gasteiger partial charge in [-0.15, -0.1) is 0 Å². The molecule has 0 radical (unpaired) electrons. The van der Waals surface area contributed by atoms with Gasteiger partial charge in [0.2, 0.25) is 0 Å². The molecule has 0 bridgehead atoms. The Bertz CT molecular complexity index is 3030. The van der Waals surface area contributed by atoms with Gasteiger partial charge in [0.05, 0.1) is 16.7 Å². The van der Waals surface area contributed by atoms with Crippen molar-refractivity contribution in [2.24, 2.45) is 0 Å². The van der Waals surface area contributed by atoms with E-state index in [-0.39, 0.29) is 58.8 Å². The van der Waals surface area contributed by atoms with Gasteiger partial charge in [-0.2, -0.15) is 0 Å². The summed E-state index contributed by atoms with van der Waals surface area (Å²) >= 11 is 0. The first kappa shape index (κ1) is 22.8. The molecule has 9 aromatic carbocycles. The Hall–Kier alpha value is -6.70. The first-order valence-electron chi connectivity index (χ1n) is 20.9. The van der Waals surface area contributed by atoms with Gasteiger partial charge in [-0.1, -0.05) is 176 Å². The van der Waals surface area contributed by atoms with E-state index in [2.05, 4.69) is 0 Å². The van der Waals surface area contributed by atoms with Crippen LogP contribution in [0.15, 0.2) is 212 Å². The maximum atomic E-state index is 9.68. The van der Waals surface area contributed by atoms with Gasteiger partial charge in [-0.3, -0.25) is 0 Å². The van der Waals surface area contributed by atoms with Gasteiger partial charge in [0, 0.05) is 16.8 Å². The van der Waals surface area contributed by atoms with Crippen molar-refractivity contribution in [1.82, 2.24) is 0 Å². The van der Waals surface area contributed by atoms with Crippen LogP contribution in [0.4, 0.5) is 17.1 Å². The maximum Gasteiger partial charge on any atom is 0.0645 e. The number of rotatable bonds is 7. The third kappa shape index (κ3) is 5.86. The molecule has 0 amide bonds. The summed E-state index contributed by atoms with van der Waals surface area (Å²) in [5.41, 5.74) is 4.68. The van der Waals surface area contributed by atoms with E-state index in [0.717, 1.165) is 38.4 Å². The normalized spacial score (nSPS) is 13.3. The van der Waals surface area contributed by atoms with Gasteiger partial charge in [0.15, 0.2) is 0 Å². The van der Waals surface area contributed by atoms with Crippen LogP contribution in [0, 0.1) is 0 Å². The minimum absolute atomic E-state index is 0.110. The zero-order chi connectivity index (χ0) is 40.9. The van der Waals surface area contributed by atoms with Crippen LogP contribution in [-0.2, 0) is 0 Å². The average molecular weight is 658 g/mol. The lowest BCUT2D eigenvalue weighted by molar-refractivity contribution is 1.30. The van der Waals surface area contributed by atoms with E-state index in [1.165, 1.54) is 4.90 Å². The zero-order valence-electron chi connectivity index (χ0n) is 35.5. The molecule has 0 aromatic heterocycles. The highest BCUT2D eigenvalue weighted by atomic mass is 15.1. The molecule has 1 nitrogen and oxygen atoms in total. The quantitative estimate of drug-likeness (QED) is 0.165. The van der Waals surface area contributed by atoms with Crippen LogP contribution >= 0.6 is 0 Å². The van der Waals surface area contributed by atoms with Gasteiger partial charge >= 0.3 is 0 Å². The molecule has 0 fully saturated rings. The van der Waals surface area contributed by atoms with Crippen molar-refractivity contribution in [1.29, 1.82) is 0 Å². The smallest absolute Gasteiger partial charge is 0.0645 e. The fourth-order valence-electron chi connectivity index (χ4n) is 6.75. The minimum Gasteiger partial charge on any atom is -0.310 e. The Morgan fingerprint density at radius 3 is 1.51 bits per heavy atom. The molecule has 9 rings (SSSR count). The van der Waals surface area contributed by atoms with Crippen molar-refractivity contribution in [3.63, 3.8) is 0 Å². The Morgan fingerprint density at radius 2 is 0.824 bits per heavy atom. The van der Waals surface area contributed by atoms with Crippen molar-refractivity contribution in [2.75, 3.05) is 4.90 Å². The highest BCUT2D eigenvalue weighted by molar-refractivity contribution is 6.04. The summed E-state index contributed by atoms with van der Waals surface area (Å²) in [7, 11) is 0. The molecule has 0 saturated heterocycles. The van der Waals surface area contributed by atoms with E-state index in [9.17, 15) is 11.0 Å². The molecular formula is C50H35N. The van der Waals surface area contributed by atoms with Crippen molar-refractivity contribution in [3.05, 3.63) is 212 Å². The standard InChI is InChI=1S/C50H35N/c1-3-13-36(14-4-1)42-20-11-21-43(35-42)37-25-30-44(31-26-37)51(49-24-12-19-38-15-7-9-22-46(38)49)45-32-27-40(28-33-45)48-34-29-39-16-8-10-23-47(39)50(48)41-17-5-2-6-18-41/h1-35H/i25D,26D,27D,28D,30D,31D,32D,33D. The summed E-state index contributed by atoms with van der Waals surface area (Å²) in [6.45, 7) is 0. The molecule has 0 aliphatic heterocycles. The molecule has 0 atom stereocenters. The number of anilines is 3.